The molecule has 0 atom stereocenters. The van der Waals surface area contributed by atoms with Crippen LogP contribution in [0, 0.1) is 0 Å². The lowest BCUT2D eigenvalue weighted by molar-refractivity contribution is 0.721. The summed E-state index contributed by atoms with van der Waals surface area (Å²) in [5, 5.41) is 0.526. The molecule has 0 aliphatic rings. The second kappa shape index (κ2) is 4.77. The molecule has 0 radical (unpaired) electrons. The third-order valence-corrected chi connectivity index (χ3v) is 2.90. The monoisotopic (exact) mass is 270 g/mol. The van der Waals surface area contributed by atoms with Crippen LogP contribution in [0.4, 0.5) is 0 Å². The van der Waals surface area contributed by atoms with E-state index in [1.54, 1.807) is 18.2 Å². The third kappa shape index (κ3) is 2.60. The summed E-state index contributed by atoms with van der Waals surface area (Å²) in [5.41, 5.74) is -0.328. The number of rotatable bonds is 2. The number of hydrogen-bond acceptors (Lipinski definition) is 2. The maximum atomic E-state index is 11.5. The smallest absolute Gasteiger partial charge is 0.295 e. The summed E-state index contributed by atoms with van der Waals surface area (Å²) in [7, 11) is 0. The standard InChI is InChI=1S/C11H8Cl2N2O2/c12-8-4-2-1-3-7(8)5-15-6-9(13)10(16)14-11(15)17/h1-4,6H,5H2,(H,14,16,17). The molecule has 2 aromatic rings. The highest BCUT2D eigenvalue weighted by molar-refractivity contribution is 6.31. The molecule has 0 bridgehead atoms. The van der Waals surface area contributed by atoms with Crippen molar-refractivity contribution in [2.45, 2.75) is 6.54 Å². The van der Waals surface area contributed by atoms with Gasteiger partial charge in [-0.15, -0.1) is 0 Å². The predicted molar refractivity (Wildman–Crippen MR) is 66.9 cm³/mol. The van der Waals surface area contributed by atoms with Gasteiger partial charge in [0.25, 0.3) is 5.56 Å². The van der Waals surface area contributed by atoms with Crippen LogP contribution in [0.25, 0.3) is 0 Å². The highest BCUT2D eigenvalue weighted by Gasteiger charge is 2.05. The Balaban J connectivity index is 2.44. The molecule has 0 fully saturated rings. The lowest BCUT2D eigenvalue weighted by atomic mass is 10.2. The van der Waals surface area contributed by atoms with Crippen molar-refractivity contribution in [3.8, 4) is 0 Å². The Hall–Kier alpha value is -1.52. The Labute approximate surface area is 106 Å². The highest BCUT2D eigenvalue weighted by Crippen LogP contribution is 2.15. The largest absolute Gasteiger partial charge is 0.328 e. The number of aromatic nitrogens is 2. The summed E-state index contributed by atoms with van der Waals surface area (Å²) >= 11 is 11.6. The first-order chi connectivity index (χ1) is 8.08. The molecule has 17 heavy (non-hydrogen) atoms. The van der Waals surface area contributed by atoms with Gasteiger partial charge < -0.3 is 0 Å². The van der Waals surface area contributed by atoms with Crippen molar-refractivity contribution >= 4 is 23.2 Å². The molecule has 6 heteroatoms. The summed E-state index contributed by atoms with van der Waals surface area (Å²) in [4.78, 5) is 24.7. The van der Waals surface area contributed by atoms with Gasteiger partial charge in [-0.2, -0.15) is 0 Å². The normalized spacial score (nSPS) is 10.5. The summed E-state index contributed by atoms with van der Waals surface area (Å²) in [6.07, 6.45) is 1.30. The molecule has 2 rings (SSSR count). The maximum Gasteiger partial charge on any atom is 0.328 e. The lowest BCUT2D eigenvalue weighted by Crippen LogP contribution is -2.30. The molecule has 0 saturated heterocycles. The van der Waals surface area contributed by atoms with Crippen LogP contribution < -0.4 is 11.2 Å². The zero-order chi connectivity index (χ0) is 12.4. The zero-order valence-electron chi connectivity index (χ0n) is 8.61. The average Bonchev–Trinajstić information content (AvgIpc) is 2.29. The van der Waals surface area contributed by atoms with Crippen molar-refractivity contribution in [2.24, 2.45) is 0 Å². The van der Waals surface area contributed by atoms with E-state index < -0.39 is 11.2 Å². The Morgan fingerprint density at radius 2 is 1.82 bits per heavy atom. The van der Waals surface area contributed by atoms with Gasteiger partial charge in [-0.3, -0.25) is 14.3 Å². The number of aromatic amines is 1. The Bertz CT molecular complexity index is 661. The average molecular weight is 271 g/mol. The van der Waals surface area contributed by atoms with Crippen LogP contribution in [0.3, 0.4) is 0 Å². The number of nitrogens with zero attached hydrogens (tertiary/aromatic N) is 1. The fourth-order valence-electron chi connectivity index (χ4n) is 1.41. The maximum absolute atomic E-state index is 11.5. The summed E-state index contributed by atoms with van der Waals surface area (Å²) in [5.74, 6) is 0. The van der Waals surface area contributed by atoms with Gasteiger partial charge in [0.05, 0.1) is 6.54 Å². The number of hydrogen-bond donors (Lipinski definition) is 1. The topological polar surface area (TPSA) is 54.9 Å². The molecule has 1 heterocycles. The van der Waals surface area contributed by atoms with Gasteiger partial charge in [0.1, 0.15) is 5.02 Å². The second-order valence-corrected chi connectivity index (χ2v) is 4.27. The summed E-state index contributed by atoms with van der Waals surface area (Å²) in [6.45, 7) is 0.259. The van der Waals surface area contributed by atoms with E-state index in [1.807, 2.05) is 6.07 Å². The molecule has 0 aliphatic carbocycles. The first kappa shape index (κ1) is 12.0. The van der Waals surface area contributed by atoms with Crippen molar-refractivity contribution in [2.75, 3.05) is 0 Å². The number of H-pyrrole nitrogens is 1. The molecule has 0 spiro atoms. The van der Waals surface area contributed by atoms with Crippen LogP contribution in [0.5, 0.6) is 0 Å². The Kier molecular flexibility index (Phi) is 3.36. The van der Waals surface area contributed by atoms with E-state index in [-0.39, 0.29) is 11.6 Å². The van der Waals surface area contributed by atoms with E-state index in [4.69, 9.17) is 23.2 Å². The highest BCUT2D eigenvalue weighted by atomic mass is 35.5. The van der Waals surface area contributed by atoms with Crippen molar-refractivity contribution < 1.29 is 0 Å². The molecule has 1 aromatic heterocycles. The van der Waals surface area contributed by atoms with Crippen LogP contribution >= 0.6 is 23.2 Å². The minimum atomic E-state index is -0.591. The van der Waals surface area contributed by atoms with E-state index in [0.29, 0.717) is 5.02 Å². The van der Waals surface area contributed by atoms with Gasteiger partial charge in [0, 0.05) is 11.2 Å². The van der Waals surface area contributed by atoms with Crippen molar-refractivity contribution in [1.29, 1.82) is 0 Å². The third-order valence-electron chi connectivity index (χ3n) is 2.27. The van der Waals surface area contributed by atoms with E-state index in [1.165, 1.54) is 10.8 Å². The quantitative estimate of drug-likeness (QED) is 0.906. The van der Waals surface area contributed by atoms with Gasteiger partial charge in [-0.1, -0.05) is 41.4 Å². The molecule has 1 aromatic carbocycles. The van der Waals surface area contributed by atoms with E-state index in [9.17, 15) is 9.59 Å². The molecule has 0 aliphatic heterocycles. The fraction of sp³-hybridized carbons (Fsp3) is 0.0909. The molecule has 0 amide bonds. The van der Waals surface area contributed by atoms with Crippen LogP contribution in [0.1, 0.15) is 5.56 Å². The zero-order valence-corrected chi connectivity index (χ0v) is 10.1. The predicted octanol–water partition coefficient (Wildman–Crippen LogP) is 1.89. The van der Waals surface area contributed by atoms with Gasteiger partial charge in [-0.05, 0) is 11.6 Å². The minimum absolute atomic E-state index is 0.0309. The van der Waals surface area contributed by atoms with Gasteiger partial charge in [-0.25, -0.2) is 4.79 Å². The SMILES string of the molecule is O=c1[nH]c(=O)n(Cc2ccccc2Cl)cc1Cl. The molecule has 4 nitrogen and oxygen atoms in total. The van der Waals surface area contributed by atoms with Crippen LogP contribution in [0.2, 0.25) is 10.0 Å². The summed E-state index contributed by atoms with van der Waals surface area (Å²) < 4.78 is 1.30. The van der Waals surface area contributed by atoms with Crippen LogP contribution in [0.15, 0.2) is 40.1 Å². The van der Waals surface area contributed by atoms with E-state index >= 15 is 0 Å². The first-order valence-corrected chi connectivity index (χ1v) is 5.56. The van der Waals surface area contributed by atoms with E-state index in [0.717, 1.165) is 5.56 Å². The number of nitrogens with one attached hydrogen (secondary N) is 1. The van der Waals surface area contributed by atoms with Crippen LogP contribution in [-0.2, 0) is 6.54 Å². The molecule has 0 saturated carbocycles. The molecular weight excluding hydrogens is 263 g/mol. The van der Waals surface area contributed by atoms with E-state index in [2.05, 4.69) is 4.98 Å². The molecular formula is C11H8Cl2N2O2. The molecule has 0 unspecified atom stereocenters. The Morgan fingerprint density at radius 1 is 1.12 bits per heavy atom. The Morgan fingerprint density at radius 3 is 2.53 bits per heavy atom. The van der Waals surface area contributed by atoms with Gasteiger partial charge in [0.2, 0.25) is 0 Å². The fourth-order valence-corrected chi connectivity index (χ4v) is 1.77. The van der Waals surface area contributed by atoms with Crippen molar-refractivity contribution in [3.05, 3.63) is 66.9 Å². The summed E-state index contributed by atoms with van der Waals surface area (Å²) in [6, 6.07) is 7.15. The number of benzene rings is 1. The van der Waals surface area contributed by atoms with Crippen molar-refractivity contribution in [1.82, 2.24) is 9.55 Å². The van der Waals surface area contributed by atoms with Crippen LogP contribution in [-0.4, -0.2) is 9.55 Å². The first-order valence-electron chi connectivity index (χ1n) is 4.80. The van der Waals surface area contributed by atoms with Crippen molar-refractivity contribution in [3.63, 3.8) is 0 Å². The minimum Gasteiger partial charge on any atom is -0.295 e. The lowest BCUT2D eigenvalue weighted by Gasteiger charge is -2.06. The van der Waals surface area contributed by atoms with Gasteiger partial charge >= 0.3 is 5.69 Å². The van der Waals surface area contributed by atoms with Gasteiger partial charge in [0.15, 0.2) is 0 Å². The number of halogens is 2. The second-order valence-electron chi connectivity index (χ2n) is 3.46. The molecule has 1 N–H and O–H groups in total. The molecule has 88 valence electrons.